The molecule has 2 rings (SSSR count). The molecule has 0 fully saturated rings. The Balaban J connectivity index is 1.87. The number of aromatic nitrogens is 4. The first kappa shape index (κ1) is 11.1. The SMILES string of the molecule is Cn1nccc1CCNc1cc(Br)ncn1. The molecule has 0 atom stereocenters. The van der Waals surface area contributed by atoms with Gasteiger partial charge in [0.15, 0.2) is 0 Å². The van der Waals surface area contributed by atoms with Crippen LogP contribution in [0.3, 0.4) is 0 Å². The molecule has 1 N–H and O–H groups in total. The van der Waals surface area contributed by atoms with Crippen molar-refractivity contribution in [2.24, 2.45) is 7.05 Å². The third kappa shape index (κ3) is 2.79. The number of anilines is 1. The van der Waals surface area contributed by atoms with Crippen LogP contribution in [0.5, 0.6) is 0 Å². The van der Waals surface area contributed by atoms with Gasteiger partial charge < -0.3 is 5.32 Å². The van der Waals surface area contributed by atoms with Gasteiger partial charge in [-0.05, 0) is 22.0 Å². The first-order chi connectivity index (χ1) is 7.75. The van der Waals surface area contributed by atoms with Crippen LogP contribution in [0, 0.1) is 0 Å². The average Bonchev–Trinajstić information content (AvgIpc) is 2.65. The lowest BCUT2D eigenvalue weighted by atomic mass is 10.3. The smallest absolute Gasteiger partial charge is 0.130 e. The van der Waals surface area contributed by atoms with E-state index in [0.29, 0.717) is 0 Å². The number of hydrogen-bond acceptors (Lipinski definition) is 4. The van der Waals surface area contributed by atoms with Crippen molar-refractivity contribution in [3.63, 3.8) is 0 Å². The Morgan fingerprint density at radius 2 is 2.31 bits per heavy atom. The molecule has 0 aromatic carbocycles. The molecule has 2 heterocycles. The van der Waals surface area contributed by atoms with Gasteiger partial charge in [-0.3, -0.25) is 4.68 Å². The summed E-state index contributed by atoms with van der Waals surface area (Å²) in [5.41, 5.74) is 1.20. The zero-order chi connectivity index (χ0) is 11.4. The van der Waals surface area contributed by atoms with Crippen molar-refractivity contribution < 1.29 is 0 Å². The molecule has 16 heavy (non-hydrogen) atoms. The van der Waals surface area contributed by atoms with E-state index in [9.17, 15) is 0 Å². The van der Waals surface area contributed by atoms with Crippen LogP contribution in [0.15, 0.2) is 29.3 Å². The van der Waals surface area contributed by atoms with Crippen molar-refractivity contribution in [2.45, 2.75) is 6.42 Å². The molecule has 6 heteroatoms. The Bertz CT molecular complexity index is 468. The van der Waals surface area contributed by atoms with Gasteiger partial charge >= 0.3 is 0 Å². The fourth-order valence-corrected chi connectivity index (χ4v) is 1.70. The van der Waals surface area contributed by atoms with Crippen LogP contribution >= 0.6 is 15.9 Å². The second kappa shape index (κ2) is 5.07. The van der Waals surface area contributed by atoms with E-state index in [1.165, 1.54) is 12.0 Å². The Morgan fingerprint density at radius 1 is 1.44 bits per heavy atom. The van der Waals surface area contributed by atoms with Crippen molar-refractivity contribution in [3.05, 3.63) is 35.0 Å². The summed E-state index contributed by atoms with van der Waals surface area (Å²) in [5.74, 6) is 0.823. The molecule has 5 nitrogen and oxygen atoms in total. The minimum Gasteiger partial charge on any atom is -0.370 e. The molecule has 84 valence electrons. The van der Waals surface area contributed by atoms with E-state index in [1.54, 1.807) is 6.20 Å². The van der Waals surface area contributed by atoms with Crippen LogP contribution in [-0.2, 0) is 13.5 Å². The van der Waals surface area contributed by atoms with Gasteiger partial charge in [-0.2, -0.15) is 5.10 Å². The number of aryl methyl sites for hydroxylation is 1. The van der Waals surface area contributed by atoms with Crippen LogP contribution in [-0.4, -0.2) is 26.3 Å². The Labute approximate surface area is 102 Å². The molecule has 2 aromatic heterocycles. The van der Waals surface area contributed by atoms with Gasteiger partial charge in [0.2, 0.25) is 0 Å². The van der Waals surface area contributed by atoms with E-state index in [1.807, 2.05) is 23.9 Å². The fraction of sp³-hybridized carbons (Fsp3) is 0.300. The van der Waals surface area contributed by atoms with E-state index in [0.717, 1.165) is 23.4 Å². The zero-order valence-corrected chi connectivity index (χ0v) is 10.5. The quantitative estimate of drug-likeness (QED) is 0.866. The summed E-state index contributed by atoms with van der Waals surface area (Å²) in [7, 11) is 1.94. The average molecular weight is 282 g/mol. The van der Waals surface area contributed by atoms with E-state index in [4.69, 9.17) is 0 Å². The molecule has 0 saturated heterocycles. The van der Waals surface area contributed by atoms with Gasteiger partial charge in [0.25, 0.3) is 0 Å². The minimum atomic E-state index is 0.783. The molecule has 2 aromatic rings. The van der Waals surface area contributed by atoms with Crippen molar-refractivity contribution in [2.75, 3.05) is 11.9 Å². The lowest BCUT2D eigenvalue weighted by molar-refractivity contribution is 0.711. The molecule has 0 bridgehead atoms. The summed E-state index contributed by atoms with van der Waals surface area (Å²) in [4.78, 5) is 8.07. The highest BCUT2D eigenvalue weighted by atomic mass is 79.9. The molecule has 0 aliphatic rings. The summed E-state index contributed by atoms with van der Waals surface area (Å²) in [5, 5.41) is 7.34. The van der Waals surface area contributed by atoms with Crippen molar-refractivity contribution in [1.82, 2.24) is 19.7 Å². The maximum absolute atomic E-state index is 4.11. The predicted octanol–water partition coefficient (Wildman–Crippen LogP) is 1.63. The number of hydrogen-bond donors (Lipinski definition) is 1. The molecule has 0 aliphatic heterocycles. The molecule has 0 aliphatic carbocycles. The summed E-state index contributed by atoms with van der Waals surface area (Å²) in [6, 6.07) is 3.86. The summed E-state index contributed by atoms with van der Waals surface area (Å²) in [6.45, 7) is 0.822. The highest BCUT2D eigenvalue weighted by Gasteiger charge is 1.99. The van der Waals surface area contributed by atoms with Gasteiger partial charge in [-0.15, -0.1) is 0 Å². The molecule has 0 unspecified atom stereocenters. The monoisotopic (exact) mass is 281 g/mol. The molecule has 0 radical (unpaired) electrons. The lowest BCUT2D eigenvalue weighted by Crippen LogP contribution is -2.09. The molecule has 0 spiro atoms. The second-order valence-corrected chi connectivity index (χ2v) is 4.16. The zero-order valence-electron chi connectivity index (χ0n) is 8.89. The molecular formula is C10H12BrN5. The van der Waals surface area contributed by atoms with Gasteiger partial charge in [0.1, 0.15) is 16.7 Å². The largest absolute Gasteiger partial charge is 0.370 e. The topological polar surface area (TPSA) is 55.6 Å². The van der Waals surface area contributed by atoms with Crippen molar-refractivity contribution >= 4 is 21.7 Å². The predicted molar refractivity (Wildman–Crippen MR) is 65.1 cm³/mol. The normalized spacial score (nSPS) is 10.4. The van der Waals surface area contributed by atoms with Gasteiger partial charge in [0.05, 0.1) is 0 Å². The van der Waals surface area contributed by atoms with Crippen molar-refractivity contribution in [1.29, 1.82) is 0 Å². The molecule has 0 amide bonds. The number of rotatable bonds is 4. The third-order valence-electron chi connectivity index (χ3n) is 2.24. The van der Waals surface area contributed by atoms with Crippen LogP contribution in [0.1, 0.15) is 5.69 Å². The molecule has 0 saturated carbocycles. The van der Waals surface area contributed by atoms with Crippen LogP contribution in [0.4, 0.5) is 5.82 Å². The first-order valence-corrected chi connectivity index (χ1v) is 5.73. The summed E-state index contributed by atoms with van der Waals surface area (Å²) < 4.78 is 2.66. The number of halogens is 1. The Kier molecular flexibility index (Phi) is 3.51. The minimum absolute atomic E-state index is 0.783. The molecular weight excluding hydrogens is 270 g/mol. The maximum atomic E-state index is 4.11. The highest BCUT2D eigenvalue weighted by Crippen LogP contribution is 2.09. The van der Waals surface area contributed by atoms with Crippen LogP contribution in [0.2, 0.25) is 0 Å². The first-order valence-electron chi connectivity index (χ1n) is 4.94. The summed E-state index contributed by atoms with van der Waals surface area (Å²) in [6.07, 6.45) is 4.24. The van der Waals surface area contributed by atoms with E-state index in [2.05, 4.69) is 36.3 Å². The Morgan fingerprint density at radius 3 is 3.00 bits per heavy atom. The fourth-order valence-electron chi connectivity index (χ4n) is 1.40. The summed E-state index contributed by atoms with van der Waals surface area (Å²) >= 11 is 3.30. The van der Waals surface area contributed by atoms with E-state index < -0.39 is 0 Å². The standard InChI is InChI=1S/C10H12BrN5/c1-16-8(3-5-15-16)2-4-12-10-6-9(11)13-7-14-10/h3,5-7H,2,4H2,1H3,(H,12,13,14). The number of nitrogens with one attached hydrogen (secondary N) is 1. The van der Waals surface area contributed by atoms with Crippen molar-refractivity contribution in [3.8, 4) is 0 Å². The van der Waals surface area contributed by atoms with Crippen LogP contribution in [0.25, 0.3) is 0 Å². The highest BCUT2D eigenvalue weighted by molar-refractivity contribution is 9.10. The van der Waals surface area contributed by atoms with Gasteiger partial charge in [-0.25, -0.2) is 9.97 Å². The van der Waals surface area contributed by atoms with E-state index in [-0.39, 0.29) is 0 Å². The Hall–Kier alpha value is -1.43. The third-order valence-corrected chi connectivity index (χ3v) is 2.68. The second-order valence-electron chi connectivity index (χ2n) is 3.35. The van der Waals surface area contributed by atoms with E-state index >= 15 is 0 Å². The van der Waals surface area contributed by atoms with Gasteiger partial charge in [0, 0.05) is 38.0 Å². The maximum Gasteiger partial charge on any atom is 0.130 e. The van der Waals surface area contributed by atoms with Gasteiger partial charge in [-0.1, -0.05) is 0 Å². The van der Waals surface area contributed by atoms with Crippen LogP contribution < -0.4 is 5.32 Å². The number of nitrogens with zero attached hydrogens (tertiary/aromatic N) is 4. The lowest BCUT2D eigenvalue weighted by Gasteiger charge is -2.05.